The Labute approximate surface area is 177 Å². The molecule has 30 heavy (non-hydrogen) atoms. The van der Waals surface area contributed by atoms with E-state index in [0.717, 1.165) is 49.6 Å². The van der Waals surface area contributed by atoms with Gasteiger partial charge in [-0.3, -0.25) is 9.80 Å². The van der Waals surface area contributed by atoms with Crippen LogP contribution in [0.25, 0.3) is 0 Å². The molecule has 2 aromatic carbocycles. The lowest BCUT2D eigenvalue weighted by Gasteiger charge is -2.30. The van der Waals surface area contributed by atoms with Crippen molar-refractivity contribution in [3.05, 3.63) is 83.2 Å². The van der Waals surface area contributed by atoms with E-state index in [0.29, 0.717) is 6.54 Å². The fraction of sp³-hybridized carbons (Fsp3) is 0.375. The smallest absolute Gasteiger partial charge is 0.124 e. The predicted octanol–water partition coefficient (Wildman–Crippen LogP) is 3.10. The lowest BCUT2D eigenvalue weighted by Crippen LogP contribution is -2.38. The molecule has 1 aliphatic rings. The Morgan fingerprint density at radius 2 is 2.00 bits per heavy atom. The van der Waals surface area contributed by atoms with Gasteiger partial charge in [-0.2, -0.15) is 0 Å². The van der Waals surface area contributed by atoms with Gasteiger partial charge in [0.15, 0.2) is 0 Å². The van der Waals surface area contributed by atoms with E-state index in [1.165, 1.54) is 11.1 Å². The van der Waals surface area contributed by atoms with Crippen molar-refractivity contribution in [1.29, 1.82) is 0 Å². The molecule has 0 saturated carbocycles. The minimum absolute atomic E-state index is 0.288. The predicted molar refractivity (Wildman–Crippen MR) is 115 cm³/mol. The molecule has 1 N–H and O–H groups in total. The van der Waals surface area contributed by atoms with Gasteiger partial charge in [-0.1, -0.05) is 41.6 Å². The summed E-state index contributed by atoms with van der Waals surface area (Å²) < 4.78 is 10.8. The van der Waals surface area contributed by atoms with Crippen molar-refractivity contribution in [2.75, 3.05) is 26.7 Å². The number of ether oxygens (including phenoxy) is 1. The summed E-state index contributed by atoms with van der Waals surface area (Å²) in [5.74, 6) is 0.783. The van der Waals surface area contributed by atoms with Gasteiger partial charge in [0.25, 0.3) is 0 Å². The first-order chi connectivity index (χ1) is 14.7. The Balaban J connectivity index is 1.24. The molecule has 0 radical (unpaired) electrons. The van der Waals surface area contributed by atoms with Crippen molar-refractivity contribution in [3.8, 4) is 5.75 Å². The maximum absolute atomic E-state index is 10.5. The van der Waals surface area contributed by atoms with E-state index in [1.807, 2.05) is 31.3 Å². The van der Waals surface area contributed by atoms with Gasteiger partial charge in [0.05, 0.1) is 5.69 Å². The molecule has 6 heteroatoms. The van der Waals surface area contributed by atoms with Crippen LogP contribution in [0.2, 0.25) is 0 Å². The van der Waals surface area contributed by atoms with E-state index in [4.69, 9.17) is 9.26 Å². The molecule has 0 fully saturated rings. The molecule has 0 saturated heterocycles. The molecular formula is C24H29N3O3. The molecule has 3 aromatic rings. The zero-order valence-corrected chi connectivity index (χ0v) is 17.4. The van der Waals surface area contributed by atoms with E-state index in [1.54, 1.807) is 6.26 Å². The maximum Gasteiger partial charge on any atom is 0.124 e. The molecule has 0 amide bonds. The van der Waals surface area contributed by atoms with E-state index < -0.39 is 6.10 Å². The number of nitrogens with zero attached hydrogens (tertiary/aromatic N) is 3. The number of hydrogen-bond acceptors (Lipinski definition) is 6. The van der Waals surface area contributed by atoms with Crippen LogP contribution in [0.1, 0.15) is 22.4 Å². The number of aromatic nitrogens is 1. The normalized spacial score (nSPS) is 15.2. The van der Waals surface area contributed by atoms with Gasteiger partial charge in [0, 0.05) is 38.8 Å². The van der Waals surface area contributed by atoms with E-state index in [9.17, 15) is 5.11 Å². The number of β-amino-alcohol motifs (C(OH)–C–C–N with tert-alkyl or cyclic N) is 1. The SMILES string of the molecule is CN(Cc1cccc(OC[C@@H](O)CN2CCc3ccccc3C2)c1)Cc1ccon1. The monoisotopic (exact) mass is 407 g/mol. The summed E-state index contributed by atoms with van der Waals surface area (Å²) in [5, 5.41) is 14.4. The summed E-state index contributed by atoms with van der Waals surface area (Å²) in [6, 6.07) is 18.5. The lowest BCUT2D eigenvalue weighted by molar-refractivity contribution is 0.0637. The molecule has 1 aromatic heterocycles. The third-order valence-electron chi connectivity index (χ3n) is 5.40. The molecule has 0 unspecified atom stereocenters. The van der Waals surface area contributed by atoms with Gasteiger partial charge in [-0.25, -0.2) is 0 Å². The highest BCUT2D eigenvalue weighted by Crippen LogP contribution is 2.19. The van der Waals surface area contributed by atoms with Crippen LogP contribution in [0, 0.1) is 0 Å². The third-order valence-corrected chi connectivity index (χ3v) is 5.40. The van der Waals surface area contributed by atoms with Crippen LogP contribution >= 0.6 is 0 Å². The van der Waals surface area contributed by atoms with Crippen molar-refractivity contribution in [1.82, 2.24) is 15.0 Å². The quantitative estimate of drug-likeness (QED) is 0.588. The summed E-state index contributed by atoms with van der Waals surface area (Å²) in [6.07, 6.45) is 2.10. The van der Waals surface area contributed by atoms with Gasteiger partial charge in [0.2, 0.25) is 0 Å². The van der Waals surface area contributed by atoms with Crippen LogP contribution < -0.4 is 4.74 Å². The zero-order chi connectivity index (χ0) is 20.8. The summed E-state index contributed by atoms with van der Waals surface area (Å²) in [7, 11) is 2.04. The number of fused-ring (bicyclic) bond motifs is 1. The van der Waals surface area contributed by atoms with Crippen molar-refractivity contribution < 1.29 is 14.4 Å². The molecule has 158 valence electrons. The van der Waals surface area contributed by atoms with Crippen molar-refractivity contribution in [2.45, 2.75) is 32.2 Å². The Morgan fingerprint density at radius 1 is 1.13 bits per heavy atom. The highest BCUT2D eigenvalue weighted by atomic mass is 16.5. The first-order valence-corrected chi connectivity index (χ1v) is 10.4. The Kier molecular flexibility index (Phi) is 6.79. The first kappa shape index (κ1) is 20.6. The highest BCUT2D eigenvalue weighted by Gasteiger charge is 2.18. The number of rotatable bonds is 9. The molecule has 0 bridgehead atoms. The van der Waals surface area contributed by atoms with Gasteiger partial charge in [-0.05, 0) is 42.3 Å². The minimum atomic E-state index is -0.520. The fourth-order valence-electron chi connectivity index (χ4n) is 3.95. The van der Waals surface area contributed by atoms with Crippen LogP contribution in [0.15, 0.2) is 65.4 Å². The molecule has 6 nitrogen and oxygen atoms in total. The van der Waals surface area contributed by atoms with E-state index in [-0.39, 0.29) is 6.61 Å². The number of benzene rings is 2. The largest absolute Gasteiger partial charge is 0.491 e. The summed E-state index contributed by atoms with van der Waals surface area (Å²) in [4.78, 5) is 4.46. The van der Waals surface area contributed by atoms with E-state index >= 15 is 0 Å². The average molecular weight is 408 g/mol. The van der Waals surface area contributed by atoms with Crippen LogP contribution in [-0.2, 0) is 26.1 Å². The van der Waals surface area contributed by atoms with Gasteiger partial charge >= 0.3 is 0 Å². The number of aliphatic hydroxyl groups is 1. The number of aliphatic hydroxyl groups excluding tert-OH is 1. The van der Waals surface area contributed by atoms with E-state index in [2.05, 4.69) is 45.3 Å². The summed E-state index contributed by atoms with van der Waals surface area (Å²) in [5.41, 5.74) is 4.85. The van der Waals surface area contributed by atoms with Crippen molar-refractivity contribution in [3.63, 3.8) is 0 Å². The topological polar surface area (TPSA) is 62.0 Å². The van der Waals surface area contributed by atoms with Gasteiger partial charge < -0.3 is 14.4 Å². The Bertz CT molecular complexity index is 929. The molecule has 0 aliphatic carbocycles. The zero-order valence-electron chi connectivity index (χ0n) is 17.4. The molecule has 1 aliphatic heterocycles. The fourth-order valence-corrected chi connectivity index (χ4v) is 3.95. The molecular weight excluding hydrogens is 378 g/mol. The molecule has 1 atom stereocenters. The van der Waals surface area contributed by atoms with Crippen molar-refractivity contribution >= 4 is 0 Å². The second kappa shape index (κ2) is 9.89. The Morgan fingerprint density at radius 3 is 2.83 bits per heavy atom. The third kappa shape index (κ3) is 5.69. The van der Waals surface area contributed by atoms with Crippen LogP contribution in [-0.4, -0.2) is 52.9 Å². The lowest BCUT2D eigenvalue weighted by atomic mass is 10.00. The first-order valence-electron chi connectivity index (χ1n) is 10.4. The van der Waals surface area contributed by atoms with Crippen LogP contribution in [0.4, 0.5) is 0 Å². The molecule has 4 rings (SSSR count). The molecule has 0 spiro atoms. The maximum atomic E-state index is 10.5. The van der Waals surface area contributed by atoms with Crippen molar-refractivity contribution in [2.24, 2.45) is 0 Å². The van der Waals surface area contributed by atoms with Crippen LogP contribution in [0.3, 0.4) is 0 Å². The highest BCUT2D eigenvalue weighted by molar-refractivity contribution is 5.29. The number of hydrogen-bond donors (Lipinski definition) is 1. The average Bonchev–Trinajstić information content (AvgIpc) is 3.25. The standard InChI is InChI=1S/C24H29N3O3/c1-26(16-22-10-12-30-25-22)14-19-5-4-8-24(13-19)29-18-23(28)17-27-11-9-20-6-2-3-7-21(20)15-27/h2-8,10,12-13,23,28H,9,11,14-18H2,1H3/t23-/m0/s1. The van der Waals surface area contributed by atoms with Gasteiger partial charge in [0.1, 0.15) is 24.7 Å². The molecule has 2 heterocycles. The van der Waals surface area contributed by atoms with Gasteiger partial charge in [-0.15, -0.1) is 0 Å². The summed E-state index contributed by atoms with van der Waals surface area (Å²) >= 11 is 0. The second-order valence-electron chi connectivity index (χ2n) is 8.03. The Hall–Kier alpha value is -2.67. The van der Waals surface area contributed by atoms with Crippen LogP contribution in [0.5, 0.6) is 5.75 Å². The summed E-state index contributed by atoms with van der Waals surface area (Å²) in [6.45, 7) is 4.27. The second-order valence-corrected chi connectivity index (χ2v) is 8.03. The minimum Gasteiger partial charge on any atom is -0.491 e.